The van der Waals surface area contributed by atoms with Gasteiger partial charge in [0.1, 0.15) is 12.5 Å². The summed E-state index contributed by atoms with van der Waals surface area (Å²) in [5.74, 6) is 0.883. The fraction of sp³-hybridized carbons (Fsp3) is 0.200. The largest absolute Gasteiger partial charge is 0.497 e. The molecular formula is C20H18BrNO2. The molecule has 0 aliphatic carbocycles. The van der Waals surface area contributed by atoms with Gasteiger partial charge < -0.3 is 14.4 Å². The second-order valence-corrected chi connectivity index (χ2v) is 6.88. The van der Waals surface area contributed by atoms with Crippen molar-refractivity contribution in [1.82, 2.24) is 0 Å². The highest BCUT2D eigenvalue weighted by Gasteiger charge is 2.20. The SMILES string of the molecule is COc1ccc2c3c(ccc2c1)COCN3Cc1ccc(Br)cc1. The summed E-state index contributed by atoms with van der Waals surface area (Å²) >= 11 is 3.49. The Bertz CT molecular complexity index is 877. The van der Waals surface area contributed by atoms with Crippen LogP contribution in [-0.4, -0.2) is 13.8 Å². The van der Waals surface area contributed by atoms with Gasteiger partial charge in [-0.25, -0.2) is 0 Å². The molecule has 1 aliphatic rings. The quantitative estimate of drug-likeness (QED) is 0.627. The number of ether oxygens (including phenoxy) is 2. The summed E-state index contributed by atoms with van der Waals surface area (Å²) in [4.78, 5) is 2.30. The van der Waals surface area contributed by atoms with Gasteiger partial charge in [0, 0.05) is 22.0 Å². The lowest BCUT2D eigenvalue weighted by Gasteiger charge is -2.32. The number of methoxy groups -OCH3 is 1. The summed E-state index contributed by atoms with van der Waals surface area (Å²) in [5.41, 5.74) is 3.76. The van der Waals surface area contributed by atoms with Crippen molar-refractivity contribution in [3.8, 4) is 5.75 Å². The first-order valence-corrected chi connectivity index (χ1v) is 8.70. The molecule has 1 aliphatic heterocycles. The van der Waals surface area contributed by atoms with Crippen LogP contribution in [0, 0.1) is 0 Å². The van der Waals surface area contributed by atoms with Crippen LogP contribution in [0.3, 0.4) is 0 Å². The molecule has 122 valence electrons. The Morgan fingerprint density at radius 1 is 1.08 bits per heavy atom. The maximum atomic E-state index is 5.79. The lowest BCUT2D eigenvalue weighted by atomic mass is 10.0. The highest BCUT2D eigenvalue weighted by molar-refractivity contribution is 9.10. The van der Waals surface area contributed by atoms with Gasteiger partial charge in [0.05, 0.1) is 19.4 Å². The van der Waals surface area contributed by atoms with Crippen LogP contribution in [0.5, 0.6) is 5.75 Å². The average molecular weight is 384 g/mol. The number of hydrogen-bond donors (Lipinski definition) is 0. The van der Waals surface area contributed by atoms with Gasteiger partial charge in [-0.15, -0.1) is 0 Å². The van der Waals surface area contributed by atoms with E-state index in [2.05, 4.69) is 69.4 Å². The molecule has 4 rings (SSSR count). The van der Waals surface area contributed by atoms with Crippen molar-refractivity contribution in [1.29, 1.82) is 0 Å². The van der Waals surface area contributed by atoms with E-state index in [1.165, 1.54) is 27.6 Å². The fourth-order valence-electron chi connectivity index (χ4n) is 3.22. The number of halogens is 1. The van der Waals surface area contributed by atoms with E-state index >= 15 is 0 Å². The van der Waals surface area contributed by atoms with Gasteiger partial charge in [0.15, 0.2) is 0 Å². The third-order valence-electron chi connectivity index (χ3n) is 4.39. The summed E-state index contributed by atoms with van der Waals surface area (Å²) < 4.78 is 12.2. The number of anilines is 1. The molecule has 0 unspecified atom stereocenters. The van der Waals surface area contributed by atoms with E-state index in [4.69, 9.17) is 9.47 Å². The number of rotatable bonds is 3. The third-order valence-corrected chi connectivity index (χ3v) is 4.92. The molecular weight excluding hydrogens is 366 g/mol. The zero-order valence-corrected chi connectivity index (χ0v) is 15.0. The van der Waals surface area contributed by atoms with Crippen LogP contribution in [-0.2, 0) is 17.9 Å². The topological polar surface area (TPSA) is 21.7 Å². The van der Waals surface area contributed by atoms with Crippen molar-refractivity contribution in [2.45, 2.75) is 13.2 Å². The van der Waals surface area contributed by atoms with Crippen LogP contribution in [0.4, 0.5) is 5.69 Å². The van der Waals surface area contributed by atoms with Gasteiger partial charge in [0.2, 0.25) is 0 Å². The monoisotopic (exact) mass is 383 g/mol. The number of hydrogen-bond acceptors (Lipinski definition) is 3. The van der Waals surface area contributed by atoms with Crippen molar-refractivity contribution < 1.29 is 9.47 Å². The molecule has 0 bridgehead atoms. The van der Waals surface area contributed by atoms with Crippen LogP contribution >= 0.6 is 15.9 Å². The molecule has 0 aromatic heterocycles. The number of benzene rings is 3. The molecule has 0 amide bonds. The molecule has 0 fully saturated rings. The summed E-state index contributed by atoms with van der Waals surface area (Å²) in [6.07, 6.45) is 0. The molecule has 0 saturated carbocycles. The Morgan fingerprint density at radius 3 is 2.71 bits per heavy atom. The maximum Gasteiger partial charge on any atom is 0.119 e. The van der Waals surface area contributed by atoms with Gasteiger partial charge in [-0.05, 0) is 41.3 Å². The predicted octanol–water partition coefficient (Wildman–Crippen LogP) is 5.11. The van der Waals surface area contributed by atoms with E-state index in [1.54, 1.807) is 7.11 Å². The van der Waals surface area contributed by atoms with Crippen molar-refractivity contribution in [2.75, 3.05) is 18.7 Å². The fourth-order valence-corrected chi connectivity index (χ4v) is 3.48. The van der Waals surface area contributed by atoms with E-state index in [9.17, 15) is 0 Å². The van der Waals surface area contributed by atoms with Crippen LogP contribution in [0.15, 0.2) is 59.1 Å². The molecule has 0 saturated heterocycles. The summed E-state index contributed by atoms with van der Waals surface area (Å²) in [5, 5.41) is 2.43. The normalized spacial score (nSPS) is 13.8. The third kappa shape index (κ3) is 2.87. The summed E-state index contributed by atoms with van der Waals surface area (Å²) in [6, 6.07) is 19.0. The Hall–Kier alpha value is -2.04. The van der Waals surface area contributed by atoms with Gasteiger partial charge in [-0.2, -0.15) is 0 Å². The Morgan fingerprint density at radius 2 is 1.92 bits per heavy atom. The minimum absolute atomic E-state index is 0.605. The molecule has 24 heavy (non-hydrogen) atoms. The van der Waals surface area contributed by atoms with Crippen molar-refractivity contribution >= 4 is 32.4 Å². The minimum Gasteiger partial charge on any atom is -0.497 e. The maximum absolute atomic E-state index is 5.79. The van der Waals surface area contributed by atoms with Gasteiger partial charge in [-0.1, -0.05) is 40.2 Å². The molecule has 3 aromatic rings. The second kappa shape index (κ2) is 6.46. The van der Waals surface area contributed by atoms with Gasteiger partial charge in [0.25, 0.3) is 0 Å². The van der Waals surface area contributed by atoms with E-state index < -0.39 is 0 Å². The first-order chi connectivity index (χ1) is 11.7. The standard InChI is InChI=1S/C20H18BrNO2/c1-23-18-8-9-19-15(10-18)4-5-16-12-24-13-22(20(16)19)11-14-2-6-17(21)7-3-14/h2-10H,11-13H2,1H3. The first kappa shape index (κ1) is 15.5. The first-order valence-electron chi connectivity index (χ1n) is 7.91. The lowest BCUT2D eigenvalue weighted by Crippen LogP contribution is -2.30. The Kier molecular flexibility index (Phi) is 4.17. The van der Waals surface area contributed by atoms with Crippen LogP contribution < -0.4 is 9.64 Å². The lowest BCUT2D eigenvalue weighted by molar-refractivity contribution is 0.109. The summed E-state index contributed by atoms with van der Waals surface area (Å²) in [6.45, 7) is 2.09. The molecule has 0 atom stereocenters. The smallest absolute Gasteiger partial charge is 0.119 e. The van der Waals surface area contributed by atoms with E-state index in [1.807, 2.05) is 6.07 Å². The highest BCUT2D eigenvalue weighted by Crippen LogP contribution is 2.36. The Balaban J connectivity index is 1.77. The van der Waals surface area contributed by atoms with Crippen molar-refractivity contribution in [3.05, 3.63) is 70.2 Å². The summed E-state index contributed by atoms with van der Waals surface area (Å²) in [7, 11) is 1.70. The molecule has 0 spiro atoms. The predicted molar refractivity (Wildman–Crippen MR) is 100 cm³/mol. The van der Waals surface area contributed by atoms with Crippen molar-refractivity contribution in [2.24, 2.45) is 0 Å². The zero-order chi connectivity index (χ0) is 16.5. The van der Waals surface area contributed by atoms with E-state index in [0.717, 1.165) is 16.8 Å². The van der Waals surface area contributed by atoms with Crippen LogP contribution in [0.2, 0.25) is 0 Å². The Labute approximate surface area is 149 Å². The van der Waals surface area contributed by atoms with E-state index in [0.29, 0.717) is 13.3 Å². The average Bonchev–Trinajstić information content (AvgIpc) is 2.63. The molecule has 0 N–H and O–H groups in total. The molecule has 0 radical (unpaired) electrons. The van der Waals surface area contributed by atoms with Gasteiger partial charge in [-0.3, -0.25) is 0 Å². The minimum atomic E-state index is 0.605. The van der Waals surface area contributed by atoms with Crippen molar-refractivity contribution in [3.63, 3.8) is 0 Å². The van der Waals surface area contributed by atoms with Gasteiger partial charge >= 0.3 is 0 Å². The molecule has 3 nitrogen and oxygen atoms in total. The van der Waals surface area contributed by atoms with Crippen LogP contribution in [0.1, 0.15) is 11.1 Å². The van der Waals surface area contributed by atoms with Crippen LogP contribution in [0.25, 0.3) is 10.8 Å². The number of nitrogens with zero attached hydrogens (tertiary/aromatic N) is 1. The second-order valence-electron chi connectivity index (χ2n) is 5.96. The highest BCUT2D eigenvalue weighted by atomic mass is 79.9. The molecule has 4 heteroatoms. The molecule has 3 aromatic carbocycles. The zero-order valence-electron chi connectivity index (χ0n) is 13.5. The number of fused-ring (bicyclic) bond motifs is 3. The molecule has 1 heterocycles. The van der Waals surface area contributed by atoms with E-state index in [-0.39, 0.29) is 0 Å².